The quantitative estimate of drug-likeness (QED) is 0.697. The summed E-state index contributed by atoms with van der Waals surface area (Å²) in [6.45, 7) is 2.07. The van der Waals surface area contributed by atoms with Crippen molar-refractivity contribution in [3.63, 3.8) is 0 Å². The predicted molar refractivity (Wildman–Crippen MR) is 97.5 cm³/mol. The van der Waals surface area contributed by atoms with Crippen LogP contribution >= 0.6 is 27.7 Å². The molecule has 6 heteroatoms. The molecule has 0 atom stereocenters. The summed E-state index contributed by atoms with van der Waals surface area (Å²) in [5.41, 5.74) is 7.82. The maximum Gasteiger partial charge on any atom is 0.214 e. The summed E-state index contributed by atoms with van der Waals surface area (Å²) in [7, 11) is 0. The Morgan fingerprint density at radius 2 is 1.87 bits per heavy atom. The number of fused-ring (bicyclic) bond motifs is 1. The molecule has 0 bridgehead atoms. The maximum atomic E-state index is 4.33. The highest BCUT2D eigenvalue weighted by atomic mass is 79.9. The SMILES string of the molecule is Cc1ccc(-c2nnc3n2NC(c2cccc(Br)c2)=CS3)cc1. The van der Waals surface area contributed by atoms with Gasteiger partial charge in [-0.05, 0) is 19.1 Å². The van der Waals surface area contributed by atoms with Gasteiger partial charge >= 0.3 is 0 Å². The molecule has 2 heterocycles. The first-order chi connectivity index (χ1) is 11.2. The molecule has 0 unspecified atom stereocenters. The second kappa shape index (κ2) is 5.86. The molecular formula is C17H13BrN4S. The highest BCUT2D eigenvalue weighted by Crippen LogP contribution is 2.31. The molecule has 2 aromatic carbocycles. The van der Waals surface area contributed by atoms with E-state index in [9.17, 15) is 0 Å². The molecular weight excluding hydrogens is 372 g/mol. The largest absolute Gasteiger partial charge is 0.289 e. The van der Waals surface area contributed by atoms with Crippen LogP contribution in [0.1, 0.15) is 11.1 Å². The van der Waals surface area contributed by atoms with E-state index in [2.05, 4.69) is 80.3 Å². The summed E-state index contributed by atoms with van der Waals surface area (Å²) in [6.07, 6.45) is 0. The molecule has 0 spiro atoms. The summed E-state index contributed by atoms with van der Waals surface area (Å²) < 4.78 is 2.99. The summed E-state index contributed by atoms with van der Waals surface area (Å²) >= 11 is 5.08. The zero-order valence-corrected chi connectivity index (χ0v) is 14.7. The summed E-state index contributed by atoms with van der Waals surface area (Å²) in [4.78, 5) is 0. The van der Waals surface area contributed by atoms with Crippen LogP contribution < -0.4 is 5.43 Å². The van der Waals surface area contributed by atoms with Crippen molar-refractivity contribution in [2.45, 2.75) is 12.1 Å². The number of thioether (sulfide) groups is 1. The van der Waals surface area contributed by atoms with Crippen molar-refractivity contribution in [3.8, 4) is 11.4 Å². The predicted octanol–water partition coefficient (Wildman–Crippen LogP) is 4.66. The minimum atomic E-state index is 0.813. The van der Waals surface area contributed by atoms with E-state index in [-0.39, 0.29) is 0 Å². The fraction of sp³-hybridized carbons (Fsp3) is 0.0588. The van der Waals surface area contributed by atoms with Gasteiger partial charge in [0.05, 0.1) is 5.70 Å². The van der Waals surface area contributed by atoms with E-state index in [1.165, 1.54) is 5.56 Å². The highest BCUT2D eigenvalue weighted by Gasteiger charge is 2.19. The Hall–Kier alpha value is -2.05. The number of nitrogens with one attached hydrogen (secondary N) is 1. The van der Waals surface area contributed by atoms with Gasteiger partial charge < -0.3 is 0 Å². The van der Waals surface area contributed by atoms with Crippen LogP contribution in [0, 0.1) is 6.92 Å². The van der Waals surface area contributed by atoms with E-state index in [4.69, 9.17) is 0 Å². The molecule has 0 radical (unpaired) electrons. The molecule has 114 valence electrons. The monoisotopic (exact) mass is 384 g/mol. The van der Waals surface area contributed by atoms with Crippen molar-refractivity contribution in [1.82, 2.24) is 14.9 Å². The van der Waals surface area contributed by atoms with Crippen LogP contribution in [0.5, 0.6) is 0 Å². The number of halogens is 1. The van der Waals surface area contributed by atoms with E-state index in [0.29, 0.717) is 0 Å². The number of nitrogens with zero attached hydrogens (tertiary/aromatic N) is 3. The Morgan fingerprint density at radius 1 is 1.04 bits per heavy atom. The molecule has 0 amide bonds. The normalized spacial score (nSPS) is 13.2. The van der Waals surface area contributed by atoms with Gasteiger partial charge in [0.25, 0.3) is 0 Å². The molecule has 4 nitrogen and oxygen atoms in total. The Morgan fingerprint density at radius 3 is 2.65 bits per heavy atom. The van der Waals surface area contributed by atoms with Crippen molar-refractivity contribution in [2.24, 2.45) is 0 Å². The van der Waals surface area contributed by atoms with Gasteiger partial charge in [0.1, 0.15) is 0 Å². The van der Waals surface area contributed by atoms with Gasteiger partial charge in [-0.2, -0.15) is 0 Å². The second-order valence-electron chi connectivity index (χ2n) is 5.28. The fourth-order valence-corrected chi connectivity index (χ4v) is 3.52. The standard InChI is InChI=1S/C17H13BrN4S/c1-11-5-7-12(8-6-11)16-19-20-17-22(16)21-15(10-23-17)13-3-2-4-14(18)9-13/h2-10,21H,1H3. The lowest BCUT2D eigenvalue weighted by Gasteiger charge is -2.19. The van der Waals surface area contributed by atoms with E-state index >= 15 is 0 Å². The van der Waals surface area contributed by atoms with E-state index in [0.717, 1.165) is 32.3 Å². The fourth-order valence-electron chi connectivity index (χ4n) is 2.38. The van der Waals surface area contributed by atoms with Gasteiger partial charge in [-0.1, -0.05) is 69.7 Å². The maximum absolute atomic E-state index is 4.33. The van der Waals surface area contributed by atoms with Crippen LogP contribution in [0.4, 0.5) is 0 Å². The first kappa shape index (κ1) is 14.5. The third-order valence-corrected chi connectivity index (χ3v) is 4.92. The molecule has 1 aliphatic rings. The second-order valence-corrected chi connectivity index (χ2v) is 7.03. The molecule has 0 fully saturated rings. The number of aryl methyl sites for hydroxylation is 1. The van der Waals surface area contributed by atoms with Crippen LogP contribution in [0.15, 0.2) is 63.6 Å². The minimum absolute atomic E-state index is 0.813. The summed E-state index contributed by atoms with van der Waals surface area (Å²) in [6, 6.07) is 16.5. The molecule has 1 N–H and O–H groups in total. The summed E-state index contributed by atoms with van der Waals surface area (Å²) in [5.74, 6) is 0.813. The van der Waals surface area contributed by atoms with E-state index in [1.54, 1.807) is 11.8 Å². The lowest BCUT2D eigenvalue weighted by molar-refractivity contribution is 0.826. The Kier molecular flexibility index (Phi) is 3.71. The Labute approximate surface area is 146 Å². The molecule has 0 saturated heterocycles. The third kappa shape index (κ3) is 2.80. The van der Waals surface area contributed by atoms with Crippen LogP contribution in [0.3, 0.4) is 0 Å². The molecule has 0 saturated carbocycles. The van der Waals surface area contributed by atoms with Gasteiger partial charge in [-0.3, -0.25) is 5.43 Å². The number of aromatic nitrogens is 3. The highest BCUT2D eigenvalue weighted by molar-refractivity contribution is 9.10. The number of rotatable bonds is 2. The smallest absolute Gasteiger partial charge is 0.214 e. The van der Waals surface area contributed by atoms with Gasteiger partial charge in [-0.25, -0.2) is 4.68 Å². The average Bonchev–Trinajstić information content (AvgIpc) is 2.99. The average molecular weight is 385 g/mol. The third-order valence-electron chi connectivity index (χ3n) is 3.59. The van der Waals surface area contributed by atoms with Crippen molar-refractivity contribution in [3.05, 3.63) is 69.5 Å². The van der Waals surface area contributed by atoms with Gasteiger partial charge in [0, 0.05) is 21.0 Å². The Bertz CT molecular complexity index is 899. The van der Waals surface area contributed by atoms with Gasteiger partial charge in [0.15, 0.2) is 5.82 Å². The zero-order chi connectivity index (χ0) is 15.8. The molecule has 3 aromatic rings. The number of hydrogen-bond donors (Lipinski definition) is 1. The van der Waals surface area contributed by atoms with Gasteiger partial charge in [0.2, 0.25) is 5.16 Å². The van der Waals surface area contributed by atoms with Crippen molar-refractivity contribution in [1.29, 1.82) is 0 Å². The van der Waals surface area contributed by atoms with Crippen LogP contribution in [0.2, 0.25) is 0 Å². The van der Waals surface area contributed by atoms with Gasteiger partial charge in [-0.15, -0.1) is 10.2 Å². The van der Waals surface area contributed by atoms with Crippen LogP contribution in [-0.4, -0.2) is 14.9 Å². The number of benzene rings is 2. The van der Waals surface area contributed by atoms with Crippen molar-refractivity contribution >= 4 is 33.4 Å². The first-order valence-corrected chi connectivity index (χ1v) is 8.80. The van der Waals surface area contributed by atoms with Crippen molar-refractivity contribution in [2.75, 3.05) is 5.43 Å². The Balaban J connectivity index is 1.71. The lowest BCUT2D eigenvalue weighted by atomic mass is 10.1. The molecule has 23 heavy (non-hydrogen) atoms. The van der Waals surface area contributed by atoms with Crippen LogP contribution in [-0.2, 0) is 0 Å². The van der Waals surface area contributed by atoms with Crippen LogP contribution in [0.25, 0.3) is 17.1 Å². The molecule has 1 aromatic heterocycles. The van der Waals surface area contributed by atoms with E-state index < -0.39 is 0 Å². The first-order valence-electron chi connectivity index (χ1n) is 7.13. The number of hydrogen-bond acceptors (Lipinski definition) is 4. The molecule has 4 rings (SSSR count). The molecule has 0 aliphatic carbocycles. The van der Waals surface area contributed by atoms with Crippen molar-refractivity contribution < 1.29 is 0 Å². The zero-order valence-electron chi connectivity index (χ0n) is 12.3. The minimum Gasteiger partial charge on any atom is -0.289 e. The lowest BCUT2D eigenvalue weighted by Crippen LogP contribution is -2.18. The van der Waals surface area contributed by atoms with E-state index in [1.807, 2.05) is 16.8 Å². The topological polar surface area (TPSA) is 42.7 Å². The summed E-state index contributed by atoms with van der Waals surface area (Å²) in [5, 5.41) is 11.5. The molecule has 1 aliphatic heterocycles.